The van der Waals surface area contributed by atoms with Crippen LogP contribution in [-0.4, -0.2) is 27.2 Å². The maximum absolute atomic E-state index is 12.1. The van der Waals surface area contributed by atoms with E-state index in [1.165, 1.54) is 13.2 Å². The molecule has 1 N–H and O–H groups in total. The highest BCUT2D eigenvalue weighted by Crippen LogP contribution is 2.38. The number of methoxy groups -OCH3 is 3. The smallest absolute Gasteiger partial charge is 0.248 e. The minimum atomic E-state index is -0.270. The summed E-state index contributed by atoms with van der Waals surface area (Å²) in [6, 6.07) is 8.87. The lowest BCUT2D eigenvalue weighted by Gasteiger charge is -2.12. The van der Waals surface area contributed by atoms with E-state index in [-0.39, 0.29) is 5.91 Å². The Morgan fingerprint density at radius 1 is 1.04 bits per heavy atom. The van der Waals surface area contributed by atoms with Gasteiger partial charge in [-0.15, -0.1) is 0 Å². The van der Waals surface area contributed by atoms with Gasteiger partial charge in [0.05, 0.1) is 21.3 Å². The number of rotatable bonds is 6. The lowest BCUT2D eigenvalue weighted by Crippen LogP contribution is -2.07. The molecule has 6 heteroatoms. The fourth-order valence-electron chi connectivity index (χ4n) is 2.22. The van der Waals surface area contributed by atoms with Gasteiger partial charge in [0.1, 0.15) is 0 Å². The molecular weight excluding hydrogens is 342 g/mol. The molecule has 0 bridgehead atoms. The molecule has 0 spiro atoms. The summed E-state index contributed by atoms with van der Waals surface area (Å²) in [4.78, 5) is 12.1. The van der Waals surface area contributed by atoms with E-state index in [4.69, 9.17) is 25.8 Å². The molecule has 0 saturated carbocycles. The molecular formula is C19H20ClNO4. The number of carbonyl (C=O) groups excluding carboxylic acids is 1. The van der Waals surface area contributed by atoms with Crippen LogP contribution in [0.3, 0.4) is 0 Å². The molecule has 5 nitrogen and oxygen atoms in total. The van der Waals surface area contributed by atoms with Gasteiger partial charge in [-0.3, -0.25) is 4.79 Å². The van der Waals surface area contributed by atoms with Crippen molar-refractivity contribution in [1.29, 1.82) is 0 Å². The number of nitrogens with one attached hydrogen (secondary N) is 1. The van der Waals surface area contributed by atoms with Gasteiger partial charge in [-0.05, 0) is 48.4 Å². The Morgan fingerprint density at radius 3 is 2.20 bits per heavy atom. The monoisotopic (exact) mass is 361 g/mol. The van der Waals surface area contributed by atoms with Crippen LogP contribution in [0.1, 0.15) is 11.1 Å². The van der Waals surface area contributed by atoms with Crippen LogP contribution in [0.15, 0.2) is 36.4 Å². The van der Waals surface area contributed by atoms with E-state index in [2.05, 4.69) is 5.32 Å². The second-order valence-electron chi connectivity index (χ2n) is 5.25. The predicted octanol–water partition coefficient (Wildman–Crippen LogP) is 4.33. The zero-order valence-corrected chi connectivity index (χ0v) is 15.3. The second-order valence-corrected chi connectivity index (χ2v) is 5.65. The van der Waals surface area contributed by atoms with Gasteiger partial charge in [0.2, 0.25) is 11.7 Å². The molecule has 2 aromatic carbocycles. The third-order valence-corrected chi connectivity index (χ3v) is 3.96. The van der Waals surface area contributed by atoms with E-state index in [1.54, 1.807) is 44.6 Å². The number of halogens is 1. The maximum Gasteiger partial charge on any atom is 0.248 e. The van der Waals surface area contributed by atoms with Crippen molar-refractivity contribution in [3.05, 3.63) is 52.6 Å². The number of amides is 1. The molecule has 0 aromatic heterocycles. The van der Waals surface area contributed by atoms with Gasteiger partial charge >= 0.3 is 0 Å². The molecule has 2 aromatic rings. The molecule has 0 aliphatic rings. The Kier molecular flexibility index (Phi) is 6.31. The van der Waals surface area contributed by atoms with Crippen molar-refractivity contribution in [3.8, 4) is 17.2 Å². The molecule has 1 amide bonds. The van der Waals surface area contributed by atoms with Gasteiger partial charge < -0.3 is 19.5 Å². The molecule has 0 aliphatic carbocycles. The number of hydrogen-bond acceptors (Lipinski definition) is 4. The highest BCUT2D eigenvalue weighted by molar-refractivity contribution is 6.31. The summed E-state index contributed by atoms with van der Waals surface area (Å²) in [5, 5.41) is 3.37. The van der Waals surface area contributed by atoms with E-state index in [1.807, 2.05) is 13.0 Å². The van der Waals surface area contributed by atoms with Crippen molar-refractivity contribution >= 4 is 29.3 Å². The lowest BCUT2D eigenvalue weighted by atomic mass is 10.1. The van der Waals surface area contributed by atoms with E-state index in [0.717, 1.165) is 11.1 Å². The summed E-state index contributed by atoms with van der Waals surface area (Å²) in [5.41, 5.74) is 2.33. The standard InChI is InChI=1S/C19H20ClNO4/c1-12-5-7-14(11-15(12)20)21-18(22)8-6-13-9-16(23-2)19(25-4)17(10-13)24-3/h5-11H,1-4H3,(H,21,22). The number of anilines is 1. The van der Waals surface area contributed by atoms with Crippen molar-refractivity contribution in [2.75, 3.05) is 26.6 Å². The fourth-order valence-corrected chi connectivity index (χ4v) is 2.40. The van der Waals surface area contributed by atoms with Crippen LogP contribution < -0.4 is 19.5 Å². The van der Waals surface area contributed by atoms with E-state index in [0.29, 0.717) is 28.0 Å². The van der Waals surface area contributed by atoms with Crippen molar-refractivity contribution < 1.29 is 19.0 Å². The van der Waals surface area contributed by atoms with Crippen molar-refractivity contribution in [3.63, 3.8) is 0 Å². The van der Waals surface area contributed by atoms with E-state index >= 15 is 0 Å². The Labute approximate surface area is 152 Å². The molecule has 132 valence electrons. The summed E-state index contributed by atoms with van der Waals surface area (Å²) >= 11 is 6.06. The maximum atomic E-state index is 12.1. The highest BCUT2D eigenvalue weighted by Gasteiger charge is 2.12. The molecule has 0 fully saturated rings. The van der Waals surface area contributed by atoms with Gasteiger partial charge in [-0.2, -0.15) is 0 Å². The number of carbonyl (C=O) groups is 1. The molecule has 0 unspecified atom stereocenters. The molecule has 2 rings (SSSR count). The zero-order valence-electron chi connectivity index (χ0n) is 14.6. The second kappa shape index (κ2) is 8.44. The minimum absolute atomic E-state index is 0.270. The van der Waals surface area contributed by atoms with Crippen LogP contribution in [0, 0.1) is 6.92 Å². The number of benzene rings is 2. The van der Waals surface area contributed by atoms with Gasteiger partial charge in [-0.1, -0.05) is 17.7 Å². The summed E-state index contributed by atoms with van der Waals surface area (Å²) in [5.74, 6) is 1.27. The first-order valence-electron chi connectivity index (χ1n) is 7.53. The van der Waals surface area contributed by atoms with Crippen LogP contribution in [-0.2, 0) is 4.79 Å². The molecule has 0 atom stereocenters. The lowest BCUT2D eigenvalue weighted by molar-refractivity contribution is -0.111. The largest absolute Gasteiger partial charge is 0.493 e. The van der Waals surface area contributed by atoms with Gasteiger partial charge in [0, 0.05) is 16.8 Å². The van der Waals surface area contributed by atoms with Crippen molar-refractivity contribution in [2.24, 2.45) is 0 Å². The Hall–Kier alpha value is -2.66. The molecule has 0 heterocycles. The highest BCUT2D eigenvalue weighted by atomic mass is 35.5. The minimum Gasteiger partial charge on any atom is -0.493 e. The predicted molar refractivity (Wildman–Crippen MR) is 100.0 cm³/mol. The summed E-state index contributed by atoms with van der Waals surface area (Å²) in [7, 11) is 4.62. The van der Waals surface area contributed by atoms with Crippen LogP contribution in [0.4, 0.5) is 5.69 Å². The van der Waals surface area contributed by atoms with Crippen LogP contribution >= 0.6 is 11.6 Å². The zero-order chi connectivity index (χ0) is 18.4. The molecule has 0 aliphatic heterocycles. The summed E-state index contributed by atoms with van der Waals surface area (Å²) < 4.78 is 15.9. The summed E-state index contributed by atoms with van der Waals surface area (Å²) in [6.07, 6.45) is 3.09. The van der Waals surface area contributed by atoms with Crippen LogP contribution in [0.5, 0.6) is 17.2 Å². The fraction of sp³-hybridized carbons (Fsp3) is 0.211. The average Bonchev–Trinajstić information content (AvgIpc) is 2.62. The third kappa shape index (κ3) is 4.67. The first-order chi connectivity index (χ1) is 12.0. The average molecular weight is 362 g/mol. The van der Waals surface area contributed by atoms with Gasteiger partial charge in [0.15, 0.2) is 11.5 Å². The van der Waals surface area contributed by atoms with Crippen molar-refractivity contribution in [1.82, 2.24) is 0 Å². The number of aryl methyl sites for hydroxylation is 1. The molecule has 25 heavy (non-hydrogen) atoms. The molecule has 0 saturated heterocycles. The van der Waals surface area contributed by atoms with E-state index < -0.39 is 0 Å². The summed E-state index contributed by atoms with van der Waals surface area (Å²) in [6.45, 7) is 1.90. The first kappa shape index (κ1) is 18.7. The van der Waals surface area contributed by atoms with Crippen LogP contribution in [0.2, 0.25) is 5.02 Å². The number of ether oxygens (including phenoxy) is 3. The van der Waals surface area contributed by atoms with Gasteiger partial charge in [0.25, 0.3) is 0 Å². The normalized spacial score (nSPS) is 10.6. The third-order valence-electron chi connectivity index (χ3n) is 3.55. The van der Waals surface area contributed by atoms with Crippen molar-refractivity contribution in [2.45, 2.75) is 6.92 Å². The number of hydrogen-bond donors (Lipinski definition) is 1. The SMILES string of the molecule is COc1cc(C=CC(=O)Nc2ccc(C)c(Cl)c2)cc(OC)c1OC. The van der Waals surface area contributed by atoms with E-state index in [9.17, 15) is 4.79 Å². The van der Waals surface area contributed by atoms with Gasteiger partial charge in [-0.25, -0.2) is 0 Å². The Bertz CT molecular complexity index is 777. The van der Waals surface area contributed by atoms with Crippen LogP contribution in [0.25, 0.3) is 6.08 Å². The first-order valence-corrected chi connectivity index (χ1v) is 7.91. The topological polar surface area (TPSA) is 56.8 Å². The quantitative estimate of drug-likeness (QED) is 0.778. The Morgan fingerprint density at radius 2 is 1.68 bits per heavy atom. The molecule has 0 radical (unpaired) electrons. The Balaban J connectivity index is 2.17.